The molecule has 0 aromatic carbocycles. The first-order valence-corrected chi connectivity index (χ1v) is 7.20. The van der Waals surface area contributed by atoms with Crippen LogP contribution in [-0.2, 0) is 4.74 Å². The van der Waals surface area contributed by atoms with E-state index < -0.39 is 0 Å². The Hall–Kier alpha value is -1.07. The highest BCUT2D eigenvalue weighted by Crippen LogP contribution is 2.25. The van der Waals surface area contributed by atoms with E-state index in [4.69, 9.17) is 16.3 Å². The third kappa shape index (κ3) is 3.70. The van der Waals surface area contributed by atoms with E-state index in [1.807, 2.05) is 6.92 Å². The zero-order chi connectivity index (χ0) is 13.7. The number of hydrogen-bond acceptors (Lipinski definition) is 5. The van der Waals surface area contributed by atoms with E-state index >= 15 is 0 Å². The second kappa shape index (κ2) is 6.91. The van der Waals surface area contributed by atoms with Gasteiger partial charge in [0.15, 0.2) is 0 Å². The van der Waals surface area contributed by atoms with Crippen molar-refractivity contribution in [2.45, 2.75) is 44.8 Å². The predicted octanol–water partition coefficient (Wildman–Crippen LogP) is 2.93. The first-order valence-electron chi connectivity index (χ1n) is 6.83. The molecule has 106 valence electrons. The fourth-order valence-electron chi connectivity index (χ4n) is 2.45. The molecule has 2 rings (SSSR count). The second-order valence-electron chi connectivity index (χ2n) is 4.67. The van der Waals surface area contributed by atoms with Gasteiger partial charge in [0.05, 0.1) is 18.3 Å². The summed E-state index contributed by atoms with van der Waals surface area (Å²) in [5.74, 6) is 1.24. The summed E-state index contributed by atoms with van der Waals surface area (Å²) in [4.78, 5) is 8.58. The van der Waals surface area contributed by atoms with Gasteiger partial charge in [0.1, 0.15) is 10.8 Å². The Kier molecular flexibility index (Phi) is 5.22. The molecule has 0 radical (unpaired) electrons. The van der Waals surface area contributed by atoms with E-state index in [9.17, 15) is 0 Å². The molecule has 1 fully saturated rings. The fraction of sp³-hybridized carbons (Fsp3) is 0.692. The van der Waals surface area contributed by atoms with Gasteiger partial charge < -0.3 is 15.4 Å². The number of nitrogens with zero attached hydrogens (tertiary/aromatic N) is 2. The lowest BCUT2D eigenvalue weighted by Gasteiger charge is -2.31. The van der Waals surface area contributed by atoms with E-state index in [0.717, 1.165) is 19.4 Å². The quantitative estimate of drug-likeness (QED) is 0.871. The molecule has 0 saturated heterocycles. The third-order valence-corrected chi connectivity index (χ3v) is 3.66. The Labute approximate surface area is 119 Å². The van der Waals surface area contributed by atoms with Gasteiger partial charge in [0.2, 0.25) is 5.95 Å². The second-order valence-corrected chi connectivity index (χ2v) is 5.08. The molecule has 0 bridgehead atoms. The van der Waals surface area contributed by atoms with Gasteiger partial charge in [-0.1, -0.05) is 24.4 Å². The molecular formula is C13H21ClN4O. The summed E-state index contributed by atoms with van der Waals surface area (Å²) >= 11 is 5.98. The molecule has 2 atom stereocenters. The van der Waals surface area contributed by atoms with Crippen LogP contribution in [0.15, 0.2) is 6.20 Å². The molecule has 1 aromatic rings. The molecule has 19 heavy (non-hydrogen) atoms. The van der Waals surface area contributed by atoms with Crippen LogP contribution < -0.4 is 10.6 Å². The van der Waals surface area contributed by atoms with Crippen LogP contribution in [0.4, 0.5) is 11.8 Å². The lowest BCUT2D eigenvalue weighted by Crippen LogP contribution is -2.39. The Balaban J connectivity index is 2.06. The smallest absolute Gasteiger partial charge is 0.225 e. The van der Waals surface area contributed by atoms with Gasteiger partial charge in [-0.25, -0.2) is 4.98 Å². The highest BCUT2D eigenvalue weighted by molar-refractivity contribution is 6.32. The van der Waals surface area contributed by atoms with Crippen LogP contribution in [0.5, 0.6) is 0 Å². The standard InChI is InChI=1S/C13H21ClN4O/c1-3-19-11-7-5-4-6-10(11)17-13-16-8-9(14)12(15-2)18-13/h8,10-11H,3-7H2,1-2H3,(H2,15,16,17,18)/t10-,11-/m1/s1. The van der Waals surface area contributed by atoms with Gasteiger partial charge >= 0.3 is 0 Å². The molecule has 6 heteroatoms. The van der Waals surface area contributed by atoms with Gasteiger partial charge in [-0.3, -0.25) is 0 Å². The van der Waals surface area contributed by atoms with Gasteiger partial charge in [-0.15, -0.1) is 0 Å². The van der Waals surface area contributed by atoms with Crippen molar-refractivity contribution in [1.29, 1.82) is 0 Å². The minimum absolute atomic E-state index is 0.246. The molecule has 0 spiro atoms. The number of ether oxygens (including phenoxy) is 1. The number of rotatable bonds is 5. The lowest BCUT2D eigenvalue weighted by molar-refractivity contribution is 0.0279. The maximum absolute atomic E-state index is 5.98. The van der Waals surface area contributed by atoms with Crippen LogP contribution in [0.1, 0.15) is 32.6 Å². The fourth-order valence-corrected chi connectivity index (χ4v) is 2.64. The Bertz CT molecular complexity index is 414. The van der Waals surface area contributed by atoms with E-state index in [1.165, 1.54) is 12.8 Å². The van der Waals surface area contributed by atoms with Crippen molar-refractivity contribution in [3.63, 3.8) is 0 Å². The maximum Gasteiger partial charge on any atom is 0.225 e. The molecule has 0 amide bonds. The van der Waals surface area contributed by atoms with Gasteiger partial charge in [0, 0.05) is 13.7 Å². The minimum Gasteiger partial charge on any atom is -0.376 e. The van der Waals surface area contributed by atoms with E-state index in [0.29, 0.717) is 16.8 Å². The highest BCUT2D eigenvalue weighted by Gasteiger charge is 2.26. The van der Waals surface area contributed by atoms with Crippen LogP contribution >= 0.6 is 11.6 Å². The topological polar surface area (TPSA) is 59.1 Å². The Morgan fingerprint density at radius 3 is 2.95 bits per heavy atom. The lowest BCUT2D eigenvalue weighted by atomic mass is 9.92. The third-order valence-electron chi connectivity index (χ3n) is 3.38. The summed E-state index contributed by atoms with van der Waals surface area (Å²) < 4.78 is 5.79. The van der Waals surface area contributed by atoms with Crippen molar-refractivity contribution in [2.24, 2.45) is 0 Å². The van der Waals surface area contributed by atoms with Crippen molar-refractivity contribution in [2.75, 3.05) is 24.3 Å². The van der Waals surface area contributed by atoms with Crippen molar-refractivity contribution in [1.82, 2.24) is 9.97 Å². The minimum atomic E-state index is 0.246. The maximum atomic E-state index is 5.98. The summed E-state index contributed by atoms with van der Waals surface area (Å²) in [6, 6.07) is 0.277. The van der Waals surface area contributed by atoms with E-state index in [2.05, 4.69) is 20.6 Å². The summed E-state index contributed by atoms with van der Waals surface area (Å²) in [5, 5.41) is 6.85. The Morgan fingerprint density at radius 1 is 1.42 bits per heavy atom. The van der Waals surface area contributed by atoms with Crippen LogP contribution in [0.25, 0.3) is 0 Å². The first kappa shape index (κ1) is 14.3. The molecule has 1 heterocycles. The van der Waals surface area contributed by atoms with Gasteiger partial charge in [-0.05, 0) is 19.8 Å². The number of halogens is 1. The summed E-state index contributed by atoms with van der Waals surface area (Å²) in [7, 11) is 1.79. The molecule has 5 nitrogen and oxygen atoms in total. The zero-order valence-electron chi connectivity index (χ0n) is 11.4. The van der Waals surface area contributed by atoms with Gasteiger partial charge in [-0.2, -0.15) is 4.98 Å². The molecule has 1 aromatic heterocycles. The number of anilines is 2. The molecule has 0 unspecified atom stereocenters. The van der Waals surface area contributed by atoms with Crippen LogP contribution in [0.2, 0.25) is 5.02 Å². The molecule has 1 aliphatic rings. The SMILES string of the molecule is CCO[C@@H]1CCCC[C@H]1Nc1ncc(Cl)c(NC)n1. The molecular weight excluding hydrogens is 264 g/mol. The summed E-state index contributed by atoms with van der Waals surface area (Å²) in [6.07, 6.45) is 6.49. The van der Waals surface area contributed by atoms with Crippen molar-refractivity contribution >= 4 is 23.4 Å². The summed E-state index contributed by atoms with van der Waals surface area (Å²) in [6.45, 7) is 2.77. The van der Waals surface area contributed by atoms with Crippen molar-refractivity contribution in [3.8, 4) is 0 Å². The van der Waals surface area contributed by atoms with Crippen LogP contribution in [0, 0.1) is 0 Å². The average molecular weight is 285 g/mol. The van der Waals surface area contributed by atoms with Crippen molar-refractivity contribution in [3.05, 3.63) is 11.2 Å². The normalized spacial score (nSPS) is 23.1. The predicted molar refractivity (Wildman–Crippen MR) is 77.9 cm³/mol. The van der Waals surface area contributed by atoms with E-state index in [-0.39, 0.29) is 12.1 Å². The van der Waals surface area contributed by atoms with E-state index in [1.54, 1.807) is 13.2 Å². The van der Waals surface area contributed by atoms with Crippen LogP contribution in [-0.4, -0.2) is 35.8 Å². The average Bonchev–Trinajstić information content (AvgIpc) is 2.43. The first-order chi connectivity index (χ1) is 9.24. The number of nitrogens with one attached hydrogen (secondary N) is 2. The monoisotopic (exact) mass is 284 g/mol. The molecule has 1 aliphatic carbocycles. The van der Waals surface area contributed by atoms with Crippen molar-refractivity contribution < 1.29 is 4.74 Å². The Morgan fingerprint density at radius 2 is 2.21 bits per heavy atom. The number of hydrogen-bond donors (Lipinski definition) is 2. The zero-order valence-corrected chi connectivity index (χ0v) is 12.2. The number of aromatic nitrogens is 2. The molecule has 1 saturated carbocycles. The van der Waals surface area contributed by atoms with Gasteiger partial charge in [0.25, 0.3) is 0 Å². The largest absolute Gasteiger partial charge is 0.376 e. The molecule has 0 aliphatic heterocycles. The summed E-state index contributed by atoms with van der Waals surface area (Å²) in [5.41, 5.74) is 0. The molecule has 2 N–H and O–H groups in total. The van der Waals surface area contributed by atoms with Crippen LogP contribution in [0.3, 0.4) is 0 Å². The highest BCUT2D eigenvalue weighted by atomic mass is 35.5.